The molecular weight excluding hydrogens is 295 g/mol. The summed E-state index contributed by atoms with van der Waals surface area (Å²) in [6.45, 7) is 3.92. The molecule has 0 aliphatic carbocycles. The lowest BCUT2D eigenvalue weighted by Crippen LogP contribution is -2.27. The Bertz CT molecular complexity index is 554. The predicted molar refractivity (Wildman–Crippen MR) is 70.1 cm³/mol. The van der Waals surface area contributed by atoms with Gasteiger partial charge in [-0.05, 0) is 25.5 Å². The molecule has 1 atom stereocenters. The van der Waals surface area contributed by atoms with Crippen LogP contribution in [0, 0.1) is 13.8 Å². The monoisotopic (exact) mass is 307 g/mol. The molecule has 0 saturated heterocycles. The molecule has 0 aliphatic rings. The van der Waals surface area contributed by atoms with Crippen LogP contribution in [-0.2, 0) is 6.18 Å². The first-order valence-electron chi connectivity index (χ1n) is 5.39. The number of nitrogens with zero attached hydrogens (tertiary/aromatic N) is 1. The van der Waals surface area contributed by atoms with E-state index < -0.39 is 17.2 Å². The van der Waals surface area contributed by atoms with Crippen LogP contribution >= 0.6 is 22.7 Å². The van der Waals surface area contributed by atoms with Gasteiger partial charge in [-0.3, -0.25) is 5.84 Å². The first-order valence-corrected chi connectivity index (χ1v) is 7.02. The lowest BCUT2D eigenvalue weighted by molar-refractivity contribution is -0.137. The number of thiophene rings is 1. The maximum Gasteiger partial charge on any atom is 0.443 e. The van der Waals surface area contributed by atoms with Gasteiger partial charge in [-0.2, -0.15) is 13.2 Å². The largest absolute Gasteiger partial charge is 0.443 e. The normalized spacial score (nSPS) is 13.8. The molecule has 0 amide bonds. The zero-order chi connectivity index (χ0) is 14.2. The first kappa shape index (κ1) is 14.4. The standard InChI is InChI=1S/C11H12F3N3S2/c1-5-3-7(18-6(5)2)9(17-15)8-4-16-10(19-8)11(12,13)14/h3-4,9,17H,15H2,1-2H3. The molecule has 1 unspecified atom stereocenters. The van der Waals surface area contributed by atoms with E-state index in [2.05, 4.69) is 10.4 Å². The first-order chi connectivity index (χ1) is 8.82. The summed E-state index contributed by atoms with van der Waals surface area (Å²) in [5.74, 6) is 5.47. The Morgan fingerprint density at radius 1 is 1.26 bits per heavy atom. The number of rotatable bonds is 3. The van der Waals surface area contributed by atoms with Gasteiger partial charge in [0.15, 0.2) is 5.01 Å². The molecule has 104 valence electrons. The van der Waals surface area contributed by atoms with Crippen molar-refractivity contribution in [2.45, 2.75) is 26.1 Å². The second-order valence-electron chi connectivity index (χ2n) is 4.05. The SMILES string of the molecule is Cc1cc(C(NN)c2cnc(C(F)(F)F)s2)sc1C. The summed E-state index contributed by atoms with van der Waals surface area (Å²) in [5.41, 5.74) is 3.65. The second-order valence-corrected chi connectivity index (χ2v) is 6.40. The Balaban J connectivity index is 2.35. The lowest BCUT2D eigenvalue weighted by atomic mass is 10.2. The third kappa shape index (κ3) is 2.97. The van der Waals surface area contributed by atoms with Gasteiger partial charge in [0.1, 0.15) is 0 Å². The number of nitrogens with two attached hydrogens (primary N) is 1. The second kappa shape index (κ2) is 5.20. The van der Waals surface area contributed by atoms with E-state index >= 15 is 0 Å². The van der Waals surface area contributed by atoms with Crippen molar-refractivity contribution in [1.29, 1.82) is 0 Å². The Kier molecular flexibility index (Phi) is 3.95. The summed E-state index contributed by atoms with van der Waals surface area (Å²) in [4.78, 5) is 5.87. The molecule has 3 nitrogen and oxygen atoms in total. The Hall–Kier alpha value is -0.960. The molecule has 8 heteroatoms. The number of hydrogen-bond donors (Lipinski definition) is 2. The summed E-state index contributed by atoms with van der Waals surface area (Å²) in [5, 5.41) is -0.854. The fourth-order valence-corrected chi connectivity index (χ4v) is 3.66. The van der Waals surface area contributed by atoms with Crippen LogP contribution in [0.25, 0.3) is 0 Å². The van der Waals surface area contributed by atoms with Crippen molar-refractivity contribution < 1.29 is 13.2 Å². The average molecular weight is 307 g/mol. The third-order valence-electron chi connectivity index (χ3n) is 2.69. The van der Waals surface area contributed by atoms with Gasteiger partial charge in [0.25, 0.3) is 0 Å². The van der Waals surface area contributed by atoms with E-state index in [0.29, 0.717) is 16.2 Å². The zero-order valence-corrected chi connectivity index (χ0v) is 11.8. The van der Waals surface area contributed by atoms with E-state index in [4.69, 9.17) is 5.84 Å². The summed E-state index contributed by atoms with van der Waals surface area (Å²) in [6, 6.07) is 1.48. The van der Waals surface area contributed by atoms with Gasteiger partial charge >= 0.3 is 6.18 Å². The smallest absolute Gasteiger partial charge is 0.271 e. The molecular formula is C11H12F3N3S2. The van der Waals surface area contributed by atoms with Gasteiger partial charge in [0, 0.05) is 20.8 Å². The predicted octanol–water partition coefficient (Wildman–Crippen LogP) is 3.39. The molecule has 2 heterocycles. The number of aryl methyl sites for hydroxylation is 2. The minimum Gasteiger partial charge on any atom is -0.271 e. The highest BCUT2D eigenvalue weighted by atomic mass is 32.1. The van der Waals surface area contributed by atoms with Crippen LogP contribution in [0.5, 0.6) is 0 Å². The van der Waals surface area contributed by atoms with E-state index in [0.717, 1.165) is 15.3 Å². The minimum atomic E-state index is -4.41. The van der Waals surface area contributed by atoms with Gasteiger partial charge < -0.3 is 0 Å². The molecule has 0 spiro atoms. The van der Waals surface area contributed by atoms with E-state index in [1.54, 1.807) is 0 Å². The third-order valence-corrected chi connectivity index (χ3v) is 5.01. The van der Waals surface area contributed by atoms with Crippen LogP contribution in [0.3, 0.4) is 0 Å². The minimum absolute atomic E-state index is 0.453. The number of hydrogen-bond acceptors (Lipinski definition) is 5. The van der Waals surface area contributed by atoms with Gasteiger partial charge in [-0.1, -0.05) is 0 Å². The molecule has 0 fully saturated rings. The molecule has 2 aromatic rings. The topological polar surface area (TPSA) is 50.9 Å². The number of aromatic nitrogens is 1. The summed E-state index contributed by atoms with van der Waals surface area (Å²) in [6.07, 6.45) is -3.19. The number of alkyl halides is 3. The number of nitrogens with one attached hydrogen (secondary N) is 1. The highest BCUT2D eigenvalue weighted by Crippen LogP contribution is 2.37. The summed E-state index contributed by atoms with van der Waals surface area (Å²) < 4.78 is 37.6. The molecule has 0 saturated carbocycles. The molecule has 3 N–H and O–H groups in total. The van der Waals surface area contributed by atoms with Gasteiger partial charge in [0.05, 0.1) is 6.04 Å². The molecule has 2 rings (SSSR count). The van der Waals surface area contributed by atoms with E-state index in [1.807, 2.05) is 19.9 Å². The fourth-order valence-electron chi connectivity index (χ4n) is 1.60. The van der Waals surface area contributed by atoms with Crippen molar-refractivity contribution in [3.05, 3.63) is 37.5 Å². The van der Waals surface area contributed by atoms with Crippen LogP contribution in [0.1, 0.15) is 31.2 Å². The van der Waals surface area contributed by atoms with Crippen LogP contribution in [0.15, 0.2) is 12.3 Å². The van der Waals surface area contributed by atoms with Crippen LogP contribution in [-0.4, -0.2) is 4.98 Å². The molecule has 0 radical (unpaired) electrons. The highest BCUT2D eigenvalue weighted by molar-refractivity contribution is 7.13. The Morgan fingerprint density at radius 3 is 2.37 bits per heavy atom. The van der Waals surface area contributed by atoms with E-state index in [-0.39, 0.29) is 0 Å². The van der Waals surface area contributed by atoms with E-state index in [1.165, 1.54) is 17.5 Å². The molecule has 2 aromatic heterocycles. The number of thiazole rings is 1. The quantitative estimate of drug-likeness (QED) is 0.675. The highest BCUT2D eigenvalue weighted by Gasteiger charge is 2.35. The number of halogens is 3. The number of hydrazine groups is 1. The maximum atomic E-state index is 12.5. The van der Waals surface area contributed by atoms with Crippen molar-refractivity contribution in [1.82, 2.24) is 10.4 Å². The van der Waals surface area contributed by atoms with Gasteiger partial charge in [0.2, 0.25) is 0 Å². The van der Waals surface area contributed by atoms with E-state index in [9.17, 15) is 13.2 Å². The fraction of sp³-hybridized carbons (Fsp3) is 0.364. The average Bonchev–Trinajstić information content (AvgIpc) is 2.88. The van der Waals surface area contributed by atoms with Crippen molar-refractivity contribution in [3.63, 3.8) is 0 Å². The molecule has 0 bridgehead atoms. The Labute approximate surface area is 116 Å². The summed E-state index contributed by atoms with van der Waals surface area (Å²) >= 11 is 2.12. The van der Waals surface area contributed by atoms with Gasteiger partial charge in [-0.25, -0.2) is 10.4 Å². The van der Waals surface area contributed by atoms with Crippen LogP contribution in [0.4, 0.5) is 13.2 Å². The molecule has 19 heavy (non-hydrogen) atoms. The molecule has 0 aliphatic heterocycles. The summed E-state index contributed by atoms with van der Waals surface area (Å²) in [7, 11) is 0. The molecule has 0 aromatic carbocycles. The van der Waals surface area contributed by atoms with Crippen molar-refractivity contribution in [2.75, 3.05) is 0 Å². The van der Waals surface area contributed by atoms with Crippen LogP contribution < -0.4 is 11.3 Å². The van der Waals surface area contributed by atoms with Crippen molar-refractivity contribution >= 4 is 22.7 Å². The van der Waals surface area contributed by atoms with Crippen LogP contribution in [0.2, 0.25) is 0 Å². The van der Waals surface area contributed by atoms with Gasteiger partial charge in [-0.15, -0.1) is 22.7 Å². The van der Waals surface area contributed by atoms with Crippen molar-refractivity contribution in [3.8, 4) is 0 Å². The Morgan fingerprint density at radius 2 is 1.95 bits per heavy atom. The van der Waals surface area contributed by atoms with Crippen molar-refractivity contribution in [2.24, 2.45) is 5.84 Å². The maximum absolute atomic E-state index is 12.5. The lowest BCUT2D eigenvalue weighted by Gasteiger charge is -2.11. The zero-order valence-electron chi connectivity index (χ0n) is 10.2.